The van der Waals surface area contributed by atoms with E-state index in [0.717, 1.165) is 33.3 Å². The second-order valence-electron chi connectivity index (χ2n) is 7.29. The first-order valence-electron chi connectivity index (χ1n) is 9.18. The van der Waals surface area contributed by atoms with Crippen molar-refractivity contribution in [1.82, 2.24) is 9.88 Å². The summed E-state index contributed by atoms with van der Waals surface area (Å²) in [4.78, 5) is 20.2. The van der Waals surface area contributed by atoms with Gasteiger partial charge in [-0.05, 0) is 52.3 Å². The minimum absolute atomic E-state index is 0.0587. The average Bonchev–Trinajstić information content (AvgIpc) is 2.60. The Hall–Kier alpha value is -2.68. The van der Waals surface area contributed by atoms with Gasteiger partial charge in [0.2, 0.25) is 0 Å². The van der Waals surface area contributed by atoms with Crippen molar-refractivity contribution in [2.45, 2.75) is 46.7 Å². The van der Waals surface area contributed by atoms with Crippen molar-refractivity contribution in [2.75, 3.05) is 0 Å². The molecule has 0 aliphatic heterocycles. The number of amides is 1. The molecule has 0 bridgehead atoms. The second-order valence-corrected chi connectivity index (χ2v) is 7.29. The normalized spacial score (nSPS) is 11.3. The van der Waals surface area contributed by atoms with Gasteiger partial charge >= 0.3 is 0 Å². The third-order valence-corrected chi connectivity index (χ3v) is 4.71. The summed E-state index contributed by atoms with van der Waals surface area (Å²) in [7, 11) is 0. The molecule has 0 fully saturated rings. The number of nitrogens with zero attached hydrogens (tertiary/aromatic N) is 2. The van der Waals surface area contributed by atoms with Crippen LogP contribution < -0.4 is 0 Å². The van der Waals surface area contributed by atoms with E-state index in [-0.39, 0.29) is 18.0 Å². The molecule has 26 heavy (non-hydrogen) atoms. The SMILES string of the molecule is Cc1ccccc1-c1cc(C(=O)N(C(C)C)C(C)C)c2ccccc2n1. The van der Waals surface area contributed by atoms with Crippen molar-refractivity contribution in [2.24, 2.45) is 0 Å². The molecule has 3 rings (SSSR count). The molecule has 3 aromatic rings. The fourth-order valence-electron chi connectivity index (χ4n) is 3.56. The Morgan fingerprint density at radius 3 is 2.19 bits per heavy atom. The van der Waals surface area contributed by atoms with E-state index >= 15 is 0 Å². The Labute approximate surface area is 155 Å². The molecule has 0 atom stereocenters. The van der Waals surface area contributed by atoms with Gasteiger partial charge in [0.15, 0.2) is 0 Å². The maximum Gasteiger partial charge on any atom is 0.255 e. The quantitative estimate of drug-likeness (QED) is 0.627. The van der Waals surface area contributed by atoms with Crippen LogP contribution in [0, 0.1) is 6.92 Å². The molecular formula is C23H26N2O. The standard InChI is InChI=1S/C23H26N2O/c1-15(2)25(16(3)4)23(26)20-14-22(18-11-7-6-10-17(18)5)24-21-13-9-8-12-19(20)21/h6-16H,1-5H3. The monoisotopic (exact) mass is 346 g/mol. The van der Waals surface area contributed by atoms with Crippen molar-refractivity contribution in [3.63, 3.8) is 0 Å². The average molecular weight is 346 g/mol. The number of fused-ring (bicyclic) bond motifs is 1. The van der Waals surface area contributed by atoms with Gasteiger partial charge in [-0.25, -0.2) is 4.98 Å². The zero-order valence-corrected chi connectivity index (χ0v) is 16.2. The minimum Gasteiger partial charge on any atom is -0.334 e. The van der Waals surface area contributed by atoms with Gasteiger partial charge in [-0.2, -0.15) is 0 Å². The molecule has 0 radical (unpaired) electrons. The molecule has 0 saturated carbocycles. The minimum atomic E-state index is 0.0587. The summed E-state index contributed by atoms with van der Waals surface area (Å²) in [6, 6.07) is 18.3. The van der Waals surface area contributed by atoms with Crippen LogP contribution in [0.4, 0.5) is 0 Å². The predicted molar refractivity (Wildman–Crippen MR) is 108 cm³/mol. The summed E-state index contributed by atoms with van der Waals surface area (Å²) in [6.45, 7) is 10.3. The first kappa shape index (κ1) is 18.1. The largest absolute Gasteiger partial charge is 0.334 e. The lowest BCUT2D eigenvalue weighted by Crippen LogP contribution is -2.42. The molecule has 1 amide bonds. The fourth-order valence-corrected chi connectivity index (χ4v) is 3.56. The number of pyridine rings is 1. The summed E-state index contributed by atoms with van der Waals surface area (Å²) < 4.78 is 0. The van der Waals surface area contributed by atoms with Gasteiger partial charge in [-0.3, -0.25) is 4.79 Å². The first-order chi connectivity index (χ1) is 12.4. The topological polar surface area (TPSA) is 33.2 Å². The van der Waals surface area contributed by atoms with E-state index in [9.17, 15) is 4.79 Å². The predicted octanol–water partition coefficient (Wildman–Crippen LogP) is 5.47. The molecule has 0 aliphatic rings. The van der Waals surface area contributed by atoms with Crippen LogP contribution >= 0.6 is 0 Å². The van der Waals surface area contributed by atoms with Crippen molar-refractivity contribution in [1.29, 1.82) is 0 Å². The van der Waals surface area contributed by atoms with E-state index in [1.54, 1.807) is 0 Å². The molecular weight excluding hydrogens is 320 g/mol. The maximum absolute atomic E-state index is 13.4. The van der Waals surface area contributed by atoms with Gasteiger partial charge in [0.1, 0.15) is 0 Å². The Kier molecular flexibility index (Phi) is 5.08. The van der Waals surface area contributed by atoms with Gasteiger partial charge in [-0.1, -0.05) is 42.5 Å². The number of aromatic nitrogens is 1. The molecule has 1 heterocycles. The van der Waals surface area contributed by atoms with Crippen LogP contribution in [-0.2, 0) is 0 Å². The van der Waals surface area contributed by atoms with Gasteiger partial charge in [-0.15, -0.1) is 0 Å². The van der Waals surface area contributed by atoms with Crippen molar-refractivity contribution in [3.8, 4) is 11.3 Å². The van der Waals surface area contributed by atoms with E-state index < -0.39 is 0 Å². The summed E-state index contributed by atoms with van der Waals surface area (Å²) in [5, 5.41) is 0.904. The molecule has 3 nitrogen and oxygen atoms in total. The highest BCUT2D eigenvalue weighted by Crippen LogP contribution is 2.28. The van der Waals surface area contributed by atoms with Gasteiger partial charge in [0.25, 0.3) is 5.91 Å². The third-order valence-electron chi connectivity index (χ3n) is 4.71. The number of rotatable bonds is 4. The molecule has 0 N–H and O–H groups in total. The van der Waals surface area contributed by atoms with Crippen LogP contribution in [0.1, 0.15) is 43.6 Å². The lowest BCUT2D eigenvalue weighted by molar-refractivity contribution is 0.0646. The lowest BCUT2D eigenvalue weighted by atomic mass is 10.00. The maximum atomic E-state index is 13.4. The third kappa shape index (κ3) is 3.34. The van der Waals surface area contributed by atoms with Crippen molar-refractivity contribution < 1.29 is 4.79 Å². The number of carbonyl (C=O) groups excluding carboxylic acids is 1. The molecule has 0 unspecified atom stereocenters. The van der Waals surface area contributed by atoms with Crippen LogP contribution in [0.3, 0.4) is 0 Å². The van der Waals surface area contributed by atoms with Crippen LogP contribution in [0.15, 0.2) is 54.6 Å². The van der Waals surface area contributed by atoms with E-state index in [2.05, 4.69) is 46.8 Å². The smallest absolute Gasteiger partial charge is 0.255 e. The molecule has 0 spiro atoms. The zero-order chi connectivity index (χ0) is 18.8. The van der Waals surface area contributed by atoms with Crippen LogP contribution in [0.5, 0.6) is 0 Å². The van der Waals surface area contributed by atoms with Crippen molar-refractivity contribution >= 4 is 16.8 Å². The van der Waals surface area contributed by atoms with E-state index in [1.165, 1.54) is 0 Å². The highest BCUT2D eigenvalue weighted by Gasteiger charge is 2.24. The Balaban J connectivity index is 2.24. The Morgan fingerprint density at radius 1 is 0.923 bits per heavy atom. The van der Waals surface area contributed by atoms with E-state index in [0.29, 0.717) is 0 Å². The van der Waals surface area contributed by atoms with Crippen LogP contribution in [0.2, 0.25) is 0 Å². The Morgan fingerprint density at radius 2 is 1.54 bits per heavy atom. The van der Waals surface area contributed by atoms with Crippen molar-refractivity contribution in [3.05, 3.63) is 65.7 Å². The highest BCUT2D eigenvalue weighted by molar-refractivity contribution is 6.07. The number of hydrogen-bond acceptors (Lipinski definition) is 2. The van der Waals surface area contributed by atoms with Gasteiger partial charge < -0.3 is 4.90 Å². The summed E-state index contributed by atoms with van der Waals surface area (Å²) in [5.74, 6) is 0.0587. The van der Waals surface area contributed by atoms with E-state index in [1.807, 2.05) is 47.4 Å². The number of benzene rings is 2. The first-order valence-corrected chi connectivity index (χ1v) is 9.18. The second kappa shape index (κ2) is 7.28. The lowest BCUT2D eigenvalue weighted by Gasteiger charge is -2.31. The molecule has 3 heteroatoms. The highest BCUT2D eigenvalue weighted by atomic mass is 16.2. The Bertz CT molecular complexity index is 936. The molecule has 2 aromatic carbocycles. The number of para-hydroxylation sites is 1. The fraction of sp³-hybridized carbons (Fsp3) is 0.304. The molecule has 1 aromatic heterocycles. The summed E-state index contributed by atoms with van der Waals surface area (Å²) in [5.41, 5.74) is 4.63. The molecule has 0 aliphatic carbocycles. The molecule has 0 saturated heterocycles. The van der Waals surface area contributed by atoms with E-state index in [4.69, 9.17) is 4.98 Å². The zero-order valence-electron chi connectivity index (χ0n) is 16.2. The summed E-state index contributed by atoms with van der Waals surface area (Å²) in [6.07, 6.45) is 0. The number of hydrogen-bond donors (Lipinski definition) is 0. The molecule has 134 valence electrons. The van der Waals surface area contributed by atoms with Crippen LogP contribution in [-0.4, -0.2) is 27.9 Å². The number of carbonyl (C=O) groups is 1. The van der Waals surface area contributed by atoms with Crippen LogP contribution in [0.25, 0.3) is 22.2 Å². The summed E-state index contributed by atoms with van der Waals surface area (Å²) >= 11 is 0. The van der Waals surface area contributed by atoms with Gasteiger partial charge in [0.05, 0.1) is 16.8 Å². The van der Waals surface area contributed by atoms with Gasteiger partial charge in [0, 0.05) is 23.0 Å². The number of aryl methyl sites for hydroxylation is 1.